The van der Waals surface area contributed by atoms with Gasteiger partial charge >= 0.3 is 0 Å². The van der Waals surface area contributed by atoms with E-state index < -0.39 is 0 Å². The molecular weight excluding hydrogens is 514 g/mol. The number of aliphatic imine (C=N–C) groups is 1. The minimum absolute atomic E-state index is 0.195. The monoisotopic (exact) mass is 533 g/mol. The van der Waals surface area contributed by atoms with Crippen molar-refractivity contribution >= 4 is 50.5 Å². The summed E-state index contributed by atoms with van der Waals surface area (Å²) in [4.78, 5) is 17.5. The van der Waals surface area contributed by atoms with Crippen LogP contribution in [0.4, 0.5) is 5.69 Å². The van der Waals surface area contributed by atoms with Crippen LogP contribution in [-0.2, 0) is 11.4 Å². The van der Waals surface area contributed by atoms with Gasteiger partial charge in [0.2, 0.25) is 0 Å². The van der Waals surface area contributed by atoms with Crippen molar-refractivity contribution in [1.82, 2.24) is 5.32 Å². The zero-order valence-corrected chi connectivity index (χ0v) is 20.7. The Kier molecular flexibility index (Phi) is 7.68. The van der Waals surface area contributed by atoms with E-state index in [0.29, 0.717) is 28.0 Å². The number of amidine groups is 1. The fourth-order valence-electron chi connectivity index (χ4n) is 3.17. The van der Waals surface area contributed by atoms with Crippen molar-refractivity contribution in [3.63, 3.8) is 0 Å². The van der Waals surface area contributed by atoms with Crippen molar-refractivity contribution in [3.8, 4) is 17.6 Å². The maximum atomic E-state index is 12.4. The number of thioether (sulfide) groups is 1. The SMILES string of the molecule is CCOc1ccc(N=C2NC(=O)C(=Cc3ccc(OCc4ccccc4C#N)c(Br)c3)S2)cc1. The van der Waals surface area contributed by atoms with E-state index in [0.717, 1.165) is 27.0 Å². The molecule has 1 heterocycles. The van der Waals surface area contributed by atoms with Gasteiger partial charge in [-0.05, 0) is 88.7 Å². The topological polar surface area (TPSA) is 83.7 Å². The minimum atomic E-state index is -0.195. The third-order valence-electron chi connectivity index (χ3n) is 4.80. The number of hydrogen-bond acceptors (Lipinski definition) is 6. The quantitative estimate of drug-likeness (QED) is 0.366. The normalized spacial score (nSPS) is 15.3. The number of hydrogen-bond donors (Lipinski definition) is 1. The van der Waals surface area contributed by atoms with Gasteiger partial charge in [0.15, 0.2) is 5.17 Å². The van der Waals surface area contributed by atoms with Crippen LogP contribution >= 0.6 is 27.7 Å². The Morgan fingerprint density at radius 3 is 2.65 bits per heavy atom. The van der Waals surface area contributed by atoms with Crippen LogP contribution in [0.2, 0.25) is 0 Å². The van der Waals surface area contributed by atoms with Gasteiger partial charge in [-0.2, -0.15) is 5.26 Å². The molecule has 0 saturated carbocycles. The standard InChI is InChI=1S/C26H20BrN3O3S/c1-2-32-21-10-8-20(9-11-21)29-26-30-25(31)24(34-26)14-17-7-12-23(22(27)13-17)33-16-19-6-4-3-5-18(19)15-28/h3-14H,2,16H2,1H3,(H,29,30,31). The Morgan fingerprint density at radius 1 is 1.12 bits per heavy atom. The van der Waals surface area contributed by atoms with E-state index in [-0.39, 0.29) is 12.5 Å². The molecule has 0 atom stereocenters. The van der Waals surface area contributed by atoms with E-state index in [2.05, 4.69) is 32.3 Å². The fourth-order valence-corrected chi connectivity index (χ4v) is 4.52. The van der Waals surface area contributed by atoms with Gasteiger partial charge in [-0.25, -0.2) is 4.99 Å². The van der Waals surface area contributed by atoms with Crippen LogP contribution in [0.15, 0.2) is 81.1 Å². The number of carbonyl (C=O) groups excluding carboxylic acids is 1. The third kappa shape index (κ3) is 5.87. The van der Waals surface area contributed by atoms with E-state index in [4.69, 9.17) is 9.47 Å². The third-order valence-corrected chi connectivity index (χ3v) is 6.33. The zero-order valence-electron chi connectivity index (χ0n) is 18.2. The molecule has 3 aromatic carbocycles. The molecule has 1 amide bonds. The second kappa shape index (κ2) is 11.1. The number of halogens is 1. The molecule has 1 fully saturated rings. The smallest absolute Gasteiger partial charge is 0.264 e. The molecule has 0 spiro atoms. The second-order valence-corrected chi connectivity index (χ2v) is 9.04. The van der Waals surface area contributed by atoms with Gasteiger partial charge in [0, 0.05) is 5.56 Å². The number of carbonyl (C=O) groups is 1. The summed E-state index contributed by atoms with van der Waals surface area (Å²) in [5.41, 5.74) is 2.99. The van der Waals surface area contributed by atoms with E-state index in [1.807, 2.05) is 67.6 Å². The van der Waals surface area contributed by atoms with Crippen molar-refractivity contribution in [1.29, 1.82) is 5.26 Å². The first kappa shape index (κ1) is 23.6. The van der Waals surface area contributed by atoms with Crippen molar-refractivity contribution in [3.05, 3.63) is 92.8 Å². The van der Waals surface area contributed by atoms with E-state index in [9.17, 15) is 10.1 Å². The molecule has 1 aliphatic rings. The Labute approximate surface area is 210 Å². The molecule has 1 saturated heterocycles. The first-order valence-corrected chi connectivity index (χ1v) is 12.1. The van der Waals surface area contributed by atoms with Crippen LogP contribution < -0.4 is 14.8 Å². The fraction of sp³-hybridized carbons (Fsp3) is 0.115. The Balaban J connectivity index is 1.44. The predicted octanol–water partition coefficient (Wildman–Crippen LogP) is 6.19. The van der Waals surface area contributed by atoms with Crippen molar-refractivity contribution in [2.45, 2.75) is 13.5 Å². The molecule has 170 valence electrons. The lowest BCUT2D eigenvalue weighted by molar-refractivity contribution is -0.115. The first-order chi connectivity index (χ1) is 16.6. The maximum absolute atomic E-state index is 12.4. The molecule has 0 aromatic heterocycles. The molecule has 4 rings (SSSR count). The van der Waals surface area contributed by atoms with Gasteiger partial charge in [0.1, 0.15) is 18.1 Å². The van der Waals surface area contributed by atoms with Crippen LogP contribution in [-0.4, -0.2) is 17.7 Å². The average Bonchev–Trinajstić information content (AvgIpc) is 3.18. The highest BCUT2D eigenvalue weighted by Crippen LogP contribution is 2.32. The number of nitrogens with one attached hydrogen (secondary N) is 1. The number of nitriles is 1. The van der Waals surface area contributed by atoms with Crippen LogP contribution in [0.25, 0.3) is 6.08 Å². The highest BCUT2D eigenvalue weighted by atomic mass is 79.9. The number of rotatable bonds is 7. The molecular formula is C26H20BrN3O3S. The van der Waals surface area contributed by atoms with Gasteiger partial charge in [0.05, 0.1) is 33.3 Å². The van der Waals surface area contributed by atoms with Crippen molar-refractivity contribution < 1.29 is 14.3 Å². The summed E-state index contributed by atoms with van der Waals surface area (Å²) < 4.78 is 12.1. The maximum Gasteiger partial charge on any atom is 0.264 e. The van der Waals surface area contributed by atoms with Crippen LogP contribution in [0.1, 0.15) is 23.6 Å². The Morgan fingerprint density at radius 2 is 1.91 bits per heavy atom. The lowest BCUT2D eigenvalue weighted by Crippen LogP contribution is -2.19. The summed E-state index contributed by atoms with van der Waals surface area (Å²) in [6, 6.07) is 22.5. The molecule has 0 unspecified atom stereocenters. The highest BCUT2D eigenvalue weighted by Gasteiger charge is 2.24. The zero-order chi connectivity index (χ0) is 23.9. The summed E-state index contributed by atoms with van der Waals surface area (Å²) in [5.74, 6) is 1.23. The average molecular weight is 534 g/mol. The van der Waals surface area contributed by atoms with E-state index in [1.54, 1.807) is 12.1 Å². The molecule has 0 aliphatic carbocycles. The molecule has 34 heavy (non-hydrogen) atoms. The lowest BCUT2D eigenvalue weighted by atomic mass is 10.1. The summed E-state index contributed by atoms with van der Waals surface area (Å²) in [7, 11) is 0. The summed E-state index contributed by atoms with van der Waals surface area (Å²) in [5, 5.41) is 12.5. The van der Waals surface area contributed by atoms with Gasteiger partial charge in [-0.1, -0.05) is 24.3 Å². The molecule has 3 aromatic rings. The molecule has 6 nitrogen and oxygen atoms in total. The number of amides is 1. The van der Waals surface area contributed by atoms with Gasteiger partial charge in [-0.15, -0.1) is 0 Å². The summed E-state index contributed by atoms with van der Waals surface area (Å²) >= 11 is 4.82. The number of nitrogens with zero attached hydrogens (tertiary/aromatic N) is 2. The predicted molar refractivity (Wildman–Crippen MR) is 138 cm³/mol. The van der Waals surface area contributed by atoms with Crippen molar-refractivity contribution in [2.24, 2.45) is 4.99 Å². The van der Waals surface area contributed by atoms with Gasteiger partial charge < -0.3 is 14.8 Å². The largest absolute Gasteiger partial charge is 0.494 e. The van der Waals surface area contributed by atoms with Crippen LogP contribution in [0.3, 0.4) is 0 Å². The Hall–Kier alpha value is -3.54. The molecule has 1 N–H and O–H groups in total. The Bertz CT molecular complexity index is 1310. The summed E-state index contributed by atoms with van der Waals surface area (Å²) in [6.07, 6.45) is 1.81. The van der Waals surface area contributed by atoms with Crippen LogP contribution in [0, 0.1) is 11.3 Å². The van der Waals surface area contributed by atoms with Gasteiger partial charge in [-0.3, -0.25) is 4.79 Å². The molecule has 0 bridgehead atoms. The molecule has 8 heteroatoms. The number of benzene rings is 3. The second-order valence-electron chi connectivity index (χ2n) is 7.16. The first-order valence-electron chi connectivity index (χ1n) is 10.5. The van der Waals surface area contributed by atoms with E-state index >= 15 is 0 Å². The highest BCUT2D eigenvalue weighted by molar-refractivity contribution is 9.10. The van der Waals surface area contributed by atoms with Crippen LogP contribution in [0.5, 0.6) is 11.5 Å². The van der Waals surface area contributed by atoms with Gasteiger partial charge in [0.25, 0.3) is 5.91 Å². The summed E-state index contributed by atoms with van der Waals surface area (Å²) in [6.45, 7) is 2.82. The van der Waals surface area contributed by atoms with E-state index in [1.165, 1.54) is 11.8 Å². The molecule has 1 aliphatic heterocycles. The minimum Gasteiger partial charge on any atom is -0.494 e. The molecule has 0 radical (unpaired) electrons. The van der Waals surface area contributed by atoms with Crippen molar-refractivity contribution in [2.75, 3.05) is 6.61 Å². The number of ether oxygens (including phenoxy) is 2. The lowest BCUT2D eigenvalue weighted by Gasteiger charge is -2.10.